The summed E-state index contributed by atoms with van der Waals surface area (Å²) < 4.78 is 0. The Balaban J connectivity index is 1.25. The van der Waals surface area contributed by atoms with Crippen LogP contribution < -0.4 is 0 Å². The van der Waals surface area contributed by atoms with E-state index in [-0.39, 0.29) is 0 Å². The highest BCUT2D eigenvalue weighted by molar-refractivity contribution is 5.82. The lowest BCUT2D eigenvalue weighted by Gasteiger charge is -2.29. The number of H-pyrrole nitrogens is 1. The van der Waals surface area contributed by atoms with Crippen molar-refractivity contribution in [3.8, 4) is 11.3 Å². The van der Waals surface area contributed by atoms with Crippen molar-refractivity contribution in [2.75, 3.05) is 0 Å². The fraction of sp³-hybridized carbons (Fsp3) is 0.280. The van der Waals surface area contributed by atoms with E-state index in [9.17, 15) is 0 Å². The molecule has 140 valence electrons. The van der Waals surface area contributed by atoms with Crippen molar-refractivity contribution >= 4 is 10.9 Å². The van der Waals surface area contributed by atoms with E-state index in [0.717, 1.165) is 29.4 Å². The van der Waals surface area contributed by atoms with Crippen LogP contribution in [0.1, 0.15) is 43.0 Å². The van der Waals surface area contributed by atoms with E-state index in [1.54, 1.807) is 0 Å². The van der Waals surface area contributed by atoms with Gasteiger partial charge in [-0.25, -0.2) is 4.98 Å². The molecule has 1 aliphatic carbocycles. The van der Waals surface area contributed by atoms with Gasteiger partial charge >= 0.3 is 0 Å². The van der Waals surface area contributed by atoms with Gasteiger partial charge < -0.3 is 4.98 Å². The molecule has 0 bridgehead atoms. The first-order valence-corrected chi connectivity index (χ1v) is 10.3. The minimum Gasteiger partial charge on any atom is -0.348 e. The van der Waals surface area contributed by atoms with Gasteiger partial charge in [0.1, 0.15) is 5.82 Å². The summed E-state index contributed by atoms with van der Waals surface area (Å²) in [5.41, 5.74) is 4.82. The third-order valence-corrected chi connectivity index (χ3v) is 6.15. The topological polar surface area (TPSA) is 41.6 Å². The molecule has 2 aromatic carbocycles. The first-order chi connectivity index (χ1) is 13.9. The van der Waals surface area contributed by atoms with Crippen LogP contribution in [-0.4, -0.2) is 15.0 Å². The van der Waals surface area contributed by atoms with Crippen LogP contribution in [0.25, 0.3) is 22.2 Å². The molecule has 0 spiro atoms. The SMILES string of the molecule is c1ccc(-c2c[nH]c(CC3CCC(c4ccnc5ccccc45)CC3)n2)cc1. The van der Waals surface area contributed by atoms with Crippen molar-refractivity contribution in [3.63, 3.8) is 0 Å². The van der Waals surface area contributed by atoms with Crippen molar-refractivity contribution in [1.29, 1.82) is 0 Å². The van der Waals surface area contributed by atoms with Gasteiger partial charge in [0.2, 0.25) is 0 Å². The third kappa shape index (κ3) is 3.45. The number of nitrogens with one attached hydrogen (secondary N) is 1. The number of hydrogen-bond acceptors (Lipinski definition) is 2. The summed E-state index contributed by atoms with van der Waals surface area (Å²) in [4.78, 5) is 12.8. The Morgan fingerprint density at radius 1 is 0.857 bits per heavy atom. The summed E-state index contributed by atoms with van der Waals surface area (Å²) in [7, 11) is 0. The van der Waals surface area contributed by atoms with Gasteiger partial charge in [0, 0.05) is 29.8 Å². The average Bonchev–Trinajstić information content (AvgIpc) is 3.23. The summed E-state index contributed by atoms with van der Waals surface area (Å²) >= 11 is 0. The van der Waals surface area contributed by atoms with E-state index in [0.29, 0.717) is 5.92 Å². The maximum Gasteiger partial charge on any atom is 0.107 e. The van der Waals surface area contributed by atoms with Gasteiger partial charge in [0.25, 0.3) is 0 Å². The number of nitrogens with zero attached hydrogens (tertiary/aromatic N) is 2. The Labute approximate surface area is 165 Å². The predicted octanol–water partition coefficient (Wildman–Crippen LogP) is 6.14. The molecule has 0 saturated heterocycles. The standard InChI is InChI=1S/C25H25N3/c1-2-6-20(7-3-1)24-17-27-25(28-24)16-18-10-12-19(13-11-18)21-14-15-26-23-9-5-4-8-22(21)23/h1-9,14-15,17-19H,10-13,16H2,(H,27,28). The molecule has 1 N–H and O–H groups in total. The minimum absolute atomic E-state index is 0.653. The third-order valence-electron chi connectivity index (χ3n) is 6.15. The summed E-state index contributed by atoms with van der Waals surface area (Å²) in [6.45, 7) is 0. The molecule has 1 saturated carbocycles. The Hall–Kier alpha value is -2.94. The van der Waals surface area contributed by atoms with E-state index in [4.69, 9.17) is 4.98 Å². The summed E-state index contributed by atoms with van der Waals surface area (Å²) in [6, 6.07) is 21.2. The average molecular weight is 367 g/mol. The van der Waals surface area contributed by atoms with Gasteiger partial charge in [-0.15, -0.1) is 0 Å². The number of aromatic nitrogens is 3. The number of pyridine rings is 1. The molecule has 0 atom stereocenters. The van der Waals surface area contributed by atoms with Crippen molar-refractivity contribution in [2.24, 2.45) is 5.92 Å². The highest BCUT2D eigenvalue weighted by atomic mass is 14.9. The van der Waals surface area contributed by atoms with Crippen LogP contribution in [-0.2, 0) is 6.42 Å². The highest BCUT2D eigenvalue weighted by Gasteiger charge is 2.24. The van der Waals surface area contributed by atoms with E-state index in [1.807, 2.05) is 18.5 Å². The van der Waals surface area contributed by atoms with Crippen molar-refractivity contribution in [3.05, 3.63) is 84.4 Å². The Kier molecular flexibility index (Phi) is 4.66. The zero-order valence-electron chi connectivity index (χ0n) is 16.0. The largest absolute Gasteiger partial charge is 0.348 e. The normalized spacial score (nSPS) is 19.7. The Bertz CT molecular complexity index is 1050. The van der Waals surface area contributed by atoms with Gasteiger partial charge in [-0.3, -0.25) is 4.98 Å². The van der Waals surface area contributed by atoms with Gasteiger partial charge in [0.05, 0.1) is 11.2 Å². The second-order valence-electron chi connectivity index (χ2n) is 7.94. The lowest BCUT2D eigenvalue weighted by molar-refractivity contribution is 0.322. The van der Waals surface area contributed by atoms with E-state index in [2.05, 4.69) is 64.6 Å². The Morgan fingerprint density at radius 3 is 2.50 bits per heavy atom. The van der Waals surface area contributed by atoms with Gasteiger partial charge in [-0.2, -0.15) is 0 Å². The number of fused-ring (bicyclic) bond motifs is 1. The lowest BCUT2D eigenvalue weighted by Crippen LogP contribution is -2.16. The Morgan fingerprint density at radius 2 is 1.64 bits per heavy atom. The lowest BCUT2D eigenvalue weighted by atomic mass is 9.77. The molecule has 1 aliphatic rings. The molecule has 28 heavy (non-hydrogen) atoms. The summed E-state index contributed by atoms with van der Waals surface area (Å²) in [5, 5.41) is 1.33. The van der Waals surface area contributed by atoms with Crippen LogP contribution in [0, 0.1) is 5.92 Å². The number of hydrogen-bond donors (Lipinski definition) is 1. The highest BCUT2D eigenvalue weighted by Crippen LogP contribution is 2.39. The van der Waals surface area contributed by atoms with Crippen LogP contribution in [0.4, 0.5) is 0 Å². The van der Waals surface area contributed by atoms with Gasteiger partial charge in [-0.05, 0) is 55.2 Å². The molecule has 2 aromatic heterocycles. The van der Waals surface area contributed by atoms with E-state index < -0.39 is 0 Å². The molecule has 0 unspecified atom stereocenters. The molecule has 2 heterocycles. The number of aromatic amines is 1. The van der Waals surface area contributed by atoms with Gasteiger partial charge in [-0.1, -0.05) is 48.5 Å². The molecule has 4 aromatic rings. The number of imidazole rings is 1. The number of para-hydroxylation sites is 1. The second-order valence-corrected chi connectivity index (χ2v) is 7.94. The number of rotatable bonds is 4. The monoisotopic (exact) mass is 367 g/mol. The predicted molar refractivity (Wildman–Crippen MR) is 114 cm³/mol. The molecule has 0 amide bonds. The van der Waals surface area contributed by atoms with Crippen molar-refractivity contribution in [1.82, 2.24) is 15.0 Å². The maximum atomic E-state index is 4.83. The zero-order chi connectivity index (χ0) is 18.8. The molecular formula is C25H25N3. The molecule has 3 heteroatoms. The van der Waals surface area contributed by atoms with Crippen molar-refractivity contribution < 1.29 is 0 Å². The maximum absolute atomic E-state index is 4.83. The van der Waals surface area contributed by atoms with Crippen molar-refractivity contribution in [2.45, 2.75) is 38.0 Å². The summed E-state index contributed by atoms with van der Waals surface area (Å²) in [6.07, 6.45) is 10.1. The second kappa shape index (κ2) is 7.59. The molecule has 0 aliphatic heterocycles. The molecule has 3 nitrogen and oxygen atoms in total. The van der Waals surface area contributed by atoms with Crippen LogP contribution in [0.15, 0.2) is 73.1 Å². The van der Waals surface area contributed by atoms with Gasteiger partial charge in [0.15, 0.2) is 0 Å². The first kappa shape index (κ1) is 17.2. The summed E-state index contributed by atoms with van der Waals surface area (Å²) in [5.74, 6) is 2.50. The van der Waals surface area contributed by atoms with Crippen LogP contribution >= 0.6 is 0 Å². The minimum atomic E-state index is 0.653. The fourth-order valence-corrected chi connectivity index (χ4v) is 4.65. The van der Waals surface area contributed by atoms with Crippen LogP contribution in [0.2, 0.25) is 0 Å². The first-order valence-electron chi connectivity index (χ1n) is 10.3. The molecule has 5 rings (SSSR count). The smallest absolute Gasteiger partial charge is 0.107 e. The van der Waals surface area contributed by atoms with E-state index >= 15 is 0 Å². The van der Waals surface area contributed by atoms with Crippen LogP contribution in [0.5, 0.6) is 0 Å². The zero-order valence-corrected chi connectivity index (χ0v) is 16.0. The van der Waals surface area contributed by atoms with E-state index in [1.165, 1.54) is 42.2 Å². The molecule has 1 fully saturated rings. The fourth-order valence-electron chi connectivity index (χ4n) is 4.65. The number of benzene rings is 2. The van der Waals surface area contributed by atoms with Crippen LogP contribution in [0.3, 0.4) is 0 Å². The molecule has 0 radical (unpaired) electrons. The quantitative estimate of drug-likeness (QED) is 0.470. The molecular weight excluding hydrogens is 342 g/mol.